The number of sulfonamides is 1. The lowest BCUT2D eigenvalue weighted by Gasteiger charge is -2.13. The molecule has 1 heterocycles. The van der Waals surface area contributed by atoms with Gasteiger partial charge in [0.05, 0.1) is 22.8 Å². The average Bonchev–Trinajstić information content (AvgIpc) is 2.77. The van der Waals surface area contributed by atoms with E-state index in [9.17, 15) is 21.6 Å². The van der Waals surface area contributed by atoms with E-state index in [2.05, 4.69) is 14.9 Å². The van der Waals surface area contributed by atoms with Crippen LogP contribution in [0.15, 0.2) is 65.6 Å². The quantitative estimate of drug-likeness (QED) is 0.480. The van der Waals surface area contributed by atoms with E-state index in [1.54, 1.807) is 12.1 Å². The standard InChI is InChI=1S/C21H20F3N3O4S/c1-2-30-16-9-7-15(8-10-16)18-11-12-20(27-26-18)31-14-13-25-32(28,29)19-6-4-3-5-17(19)21(22,23)24/h3-12,25H,2,13-14H2,1H3. The summed E-state index contributed by atoms with van der Waals surface area (Å²) in [6.07, 6.45) is -4.79. The maximum absolute atomic E-state index is 13.1. The molecule has 0 radical (unpaired) electrons. The molecule has 170 valence electrons. The summed E-state index contributed by atoms with van der Waals surface area (Å²) in [5.41, 5.74) is 0.192. The first kappa shape index (κ1) is 23.5. The summed E-state index contributed by atoms with van der Waals surface area (Å²) < 4.78 is 76.5. The van der Waals surface area contributed by atoms with E-state index in [-0.39, 0.29) is 19.0 Å². The SMILES string of the molecule is CCOc1ccc(-c2ccc(OCCNS(=O)(=O)c3ccccc3C(F)(F)F)nn2)cc1. The molecule has 0 aliphatic heterocycles. The van der Waals surface area contributed by atoms with E-state index in [0.717, 1.165) is 23.4 Å². The Morgan fingerprint density at radius 3 is 2.28 bits per heavy atom. The molecule has 7 nitrogen and oxygen atoms in total. The molecular formula is C21H20F3N3O4S. The number of ether oxygens (including phenoxy) is 2. The highest BCUT2D eigenvalue weighted by Gasteiger charge is 2.36. The van der Waals surface area contributed by atoms with E-state index in [0.29, 0.717) is 18.4 Å². The van der Waals surface area contributed by atoms with Gasteiger partial charge in [-0.1, -0.05) is 12.1 Å². The molecule has 0 bridgehead atoms. The van der Waals surface area contributed by atoms with E-state index >= 15 is 0 Å². The summed E-state index contributed by atoms with van der Waals surface area (Å²) in [4.78, 5) is -0.841. The van der Waals surface area contributed by atoms with Crippen molar-refractivity contribution in [1.29, 1.82) is 0 Å². The predicted molar refractivity (Wildman–Crippen MR) is 111 cm³/mol. The Bertz CT molecular complexity index is 1140. The molecule has 0 saturated heterocycles. The van der Waals surface area contributed by atoms with Gasteiger partial charge in [-0.2, -0.15) is 13.2 Å². The van der Waals surface area contributed by atoms with Gasteiger partial charge in [0.25, 0.3) is 0 Å². The van der Waals surface area contributed by atoms with Crippen LogP contribution in [0, 0.1) is 0 Å². The van der Waals surface area contributed by atoms with Crippen molar-refractivity contribution in [3.05, 3.63) is 66.2 Å². The molecule has 1 aromatic heterocycles. The number of hydrogen-bond acceptors (Lipinski definition) is 6. The molecule has 0 saturated carbocycles. The number of alkyl halides is 3. The van der Waals surface area contributed by atoms with Crippen LogP contribution in [-0.2, 0) is 16.2 Å². The highest BCUT2D eigenvalue weighted by Crippen LogP contribution is 2.33. The van der Waals surface area contributed by atoms with Crippen LogP contribution >= 0.6 is 0 Å². The van der Waals surface area contributed by atoms with Crippen LogP contribution in [0.25, 0.3) is 11.3 Å². The largest absolute Gasteiger partial charge is 0.494 e. The van der Waals surface area contributed by atoms with Crippen LogP contribution < -0.4 is 14.2 Å². The molecule has 11 heteroatoms. The second kappa shape index (κ2) is 9.96. The van der Waals surface area contributed by atoms with Crippen molar-refractivity contribution in [2.24, 2.45) is 0 Å². The number of nitrogens with zero attached hydrogens (tertiary/aromatic N) is 2. The van der Waals surface area contributed by atoms with Gasteiger partial charge in [-0.3, -0.25) is 0 Å². The molecule has 0 unspecified atom stereocenters. The predicted octanol–water partition coefficient (Wildman–Crippen LogP) is 3.92. The summed E-state index contributed by atoms with van der Waals surface area (Å²) >= 11 is 0. The fraction of sp³-hybridized carbons (Fsp3) is 0.238. The third kappa shape index (κ3) is 5.95. The first-order valence-corrected chi connectivity index (χ1v) is 11.0. The summed E-state index contributed by atoms with van der Waals surface area (Å²) in [6.45, 7) is 2.06. The number of nitrogens with one attached hydrogen (secondary N) is 1. The molecule has 0 aliphatic carbocycles. The first-order valence-electron chi connectivity index (χ1n) is 9.56. The van der Waals surface area contributed by atoms with Crippen molar-refractivity contribution in [3.63, 3.8) is 0 Å². The van der Waals surface area contributed by atoms with Gasteiger partial charge in [-0.25, -0.2) is 13.1 Å². The lowest BCUT2D eigenvalue weighted by molar-refractivity contribution is -0.139. The number of rotatable bonds is 9. The van der Waals surface area contributed by atoms with Crippen molar-refractivity contribution in [1.82, 2.24) is 14.9 Å². The van der Waals surface area contributed by atoms with Gasteiger partial charge in [0.1, 0.15) is 12.4 Å². The summed E-state index contributed by atoms with van der Waals surface area (Å²) in [5.74, 6) is 0.888. The average molecular weight is 467 g/mol. The Labute approximate surface area is 183 Å². The molecule has 1 N–H and O–H groups in total. The van der Waals surface area contributed by atoms with E-state index < -0.39 is 26.7 Å². The van der Waals surface area contributed by atoms with Gasteiger partial charge in [0.15, 0.2) is 0 Å². The summed E-state index contributed by atoms with van der Waals surface area (Å²) in [5, 5.41) is 7.98. The van der Waals surface area contributed by atoms with Crippen LogP contribution in [0.2, 0.25) is 0 Å². The minimum atomic E-state index is -4.79. The Kier molecular flexibility index (Phi) is 7.31. The van der Waals surface area contributed by atoms with Gasteiger partial charge < -0.3 is 9.47 Å². The lowest BCUT2D eigenvalue weighted by atomic mass is 10.1. The maximum Gasteiger partial charge on any atom is 0.417 e. The molecule has 2 aromatic carbocycles. The normalized spacial score (nSPS) is 11.9. The van der Waals surface area contributed by atoms with E-state index in [1.807, 2.05) is 31.2 Å². The van der Waals surface area contributed by atoms with Crippen LogP contribution in [-0.4, -0.2) is 38.4 Å². The van der Waals surface area contributed by atoms with Crippen molar-refractivity contribution in [2.75, 3.05) is 19.8 Å². The highest BCUT2D eigenvalue weighted by molar-refractivity contribution is 7.89. The fourth-order valence-electron chi connectivity index (χ4n) is 2.78. The number of hydrogen-bond donors (Lipinski definition) is 1. The third-order valence-electron chi connectivity index (χ3n) is 4.23. The molecule has 32 heavy (non-hydrogen) atoms. The number of benzene rings is 2. The highest BCUT2D eigenvalue weighted by atomic mass is 32.2. The summed E-state index contributed by atoms with van der Waals surface area (Å²) in [6, 6.07) is 14.5. The Morgan fingerprint density at radius 1 is 0.938 bits per heavy atom. The van der Waals surface area contributed by atoms with Gasteiger partial charge in [-0.05, 0) is 49.4 Å². The minimum Gasteiger partial charge on any atom is -0.494 e. The van der Waals surface area contributed by atoms with E-state index in [4.69, 9.17) is 9.47 Å². The van der Waals surface area contributed by atoms with Gasteiger partial charge >= 0.3 is 6.18 Å². The third-order valence-corrected chi connectivity index (χ3v) is 5.75. The molecule has 0 atom stereocenters. The van der Waals surface area contributed by atoms with Gasteiger partial charge in [0, 0.05) is 18.2 Å². The van der Waals surface area contributed by atoms with Crippen LogP contribution in [0.5, 0.6) is 11.6 Å². The zero-order valence-electron chi connectivity index (χ0n) is 17.0. The molecule has 3 rings (SSSR count). The monoisotopic (exact) mass is 467 g/mol. The van der Waals surface area contributed by atoms with Crippen molar-refractivity contribution < 1.29 is 31.1 Å². The van der Waals surface area contributed by atoms with E-state index in [1.165, 1.54) is 6.07 Å². The molecule has 0 fully saturated rings. The molecular weight excluding hydrogens is 447 g/mol. The first-order chi connectivity index (χ1) is 15.2. The minimum absolute atomic E-state index is 0.148. The summed E-state index contributed by atoms with van der Waals surface area (Å²) in [7, 11) is -4.38. The van der Waals surface area contributed by atoms with Crippen molar-refractivity contribution >= 4 is 10.0 Å². The molecule has 3 aromatic rings. The Morgan fingerprint density at radius 2 is 1.66 bits per heavy atom. The molecule has 0 amide bonds. The van der Waals surface area contributed by atoms with Crippen LogP contribution in [0.3, 0.4) is 0 Å². The van der Waals surface area contributed by atoms with Crippen molar-refractivity contribution in [2.45, 2.75) is 18.0 Å². The smallest absolute Gasteiger partial charge is 0.417 e. The second-order valence-electron chi connectivity index (χ2n) is 6.45. The molecule has 0 spiro atoms. The van der Waals surface area contributed by atoms with Crippen LogP contribution in [0.1, 0.15) is 12.5 Å². The van der Waals surface area contributed by atoms with Gasteiger partial charge in [-0.15, -0.1) is 10.2 Å². The zero-order valence-corrected chi connectivity index (χ0v) is 17.8. The zero-order chi connectivity index (χ0) is 23.2. The van der Waals surface area contributed by atoms with Crippen LogP contribution in [0.4, 0.5) is 13.2 Å². The maximum atomic E-state index is 13.1. The Balaban J connectivity index is 1.56. The molecule has 0 aliphatic rings. The lowest BCUT2D eigenvalue weighted by Crippen LogP contribution is -2.30. The fourth-order valence-corrected chi connectivity index (χ4v) is 4.02. The second-order valence-corrected chi connectivity index (χ2v) is 8.19. The number of aromatic nitrogens is 2. The van der Waals surface area contributed by atoms with Crippen molar-refractivity contribution in [3.8, 4) is 22.9 Å². The topological polar surface area (TPSA) is 90.4 Å². The van der Waals surface area contributed by atoms with Gasteiger partial charge in [0.2, 0.25) is 15.9 Å². The number of halogens is 3. The Hall–Kier alpha value is -3.18.